The second-order valence-corrected chi connectivity index (χ2v) is 5.00. The molecule has 1 amide bonds. The van der Waals surface area contributed by atoms with Gasteiger partial charge in [-0.25, -0.2) is 4.68 Å². The first-order valence-electron chi connectivity index (χ1n) is 7.13. The Morgan fingerprint density at radius 3 is 2.87 bits per heavy atom. The van der Waals surface area contributed by atoms with E-state index in [2.05, 4.69) is 10.4 Å². The third-order valence-electron chi connectivity index (χ3n) is 3.36. The SMILES string of the molecule is O=C(NCC[C@H]1COc2ccccc2O1)c1ccn(C(F)F)n1. The Hall–Kier alpha value is -2.64. The summed E-state index contributed by atoms with van der Waals surface area (Å²) in [5.74, 6) is 0.873. The lowest BCUT2D eigenvalue weighted by Crippen LogP contribution is -2.34. The van der Waals surface area contributed by atoms with Gasteiger partial charge in [0.1, 0.15) is 18.4 Å². The van der Waals surface area contributed by atoms with E-state index in [1.807, 2.05) is 24.3 Å². The Morgan fingerprint density at radius 2 is 2.13 bits per heavy atom. The van der Waals surface area contributed by atoms with Crippen LogP contribution in [-0.2, 0) is 0 Å². The van der Waals surface area contributed by atoms with Gasteiger partial charge in [0.15, 0.2) is 11.5 Å². The monoisotopic (exact) mass is 323 g/mol. The molecule has 2 aromatic rings. The summed E-state index contributed by atoms with van der Waals surface area (Å²) in [4.78, 5) is 11.8. The van der Waals surface area contributed by atoms with E-state index in [0.717, 1.165) is 6.20 Å². The van der Waals surface area contributed by atoms with Crippen LogP contribution < -0.4 is 14.8 Å². The van der Waals surface area contributed by atoms with Gasteiger partial charge < -0.3 is 14.8 Å². The quantitative estimate of drug-likeness (QED) is 0.916. The van der Waals surface area contributed by atoms with Gasteiger partial charge in [0, 0.05) is 19.2 Å². The zero-order valence-electron chi connectivity index (χ0n) is 12.1. The van der Waals surface area contributed by atoms with Gasteiger partial charge in [-0.3, -0.25) is 4.79 Å². The smallest absolute Gasteiger partial charge is 0.333 e. The zero-order chi connectivity index (χ0) is 16.2. The molecular weight excluding hydrogens is 308 g/mol. The number of aromatic nitrogens is 2. The number of ether oxygens (including phenoxy) is 2. The van der Waals surface area contributed by atoms with E-state index in [4.69, 9.17) is 9.47 Å². The summed E-state index contributed by atoms with van der Waals surface area (Å²) in [6.45, 7) is -2.03. The van der Waals surface area contributed by atoms with E-state index < -0.39 is 12.5 Å². The van der Waals surface area contributed by atoms with E-state index in [9.17, 15) is 13.6 Å². The first-order valence-corrected chi connectivity index (χ1v) is 7.13. The standard InChI is InChI=1S/C15H15F2N3O3/c16-15(17)20-8-6-11(19-20)14(21)18-7-5-10-9-22-12-3-1-2-4-13(12)23-10/h1-4,6,8,10,15H,5,7,9H2,(H,18,21)/t10-/m0/s1. The highest BCUT2D eigenvalue weighted by atomic mass is 19.3. The Labute approximate surface area is 131 Å². The van der Waals surface area contributed by atoms with Crippen molar-refractivity contribution in [3.8, 4) is 11.5 Å². The molecule has 1 aromatic carbocycles. The molecule has 0 radical (unpaired) electrons. The first kappa shape index (κ1) is 15.3. The summed E-state index contributed by atoms with van der Waals surface area (Å²) in [6.07, 6.45) is 1.42. The van der Waals surface area contributed by atoms with Crippen LogP contribution in [0, 0.1) is 0 Å². The van der Waals surface area contributed by atoms with Crippen molar-refractivity contribution in [1.82, 2.24) is 15.1 Å². The van der Waals surface area contributed by atoms with Crippen molar-refractivity contribution in [2.24, 2.45) is 0 Å². The molecule has 0 bridgehead atoms. The molecule has 3 rings (SSSR count). The van der Waals surface area contributed by atoms with E-state index in [1.165, 1.54) is 6.07 Å². The number of nitrogens with one attached hydrogen (secondary N) is 1. The van der Waals surface area contributed by atoms with E-state index in [-0.39, 0.29) is 11.8 Å². The third-order valence-corrected chi connectivity index (χ3v) is 3.36. The average Bonchev–Trinajstić information content (AvgIpc) is 3.05. The molecule has 1 aliphatic heterocycles. The molecule has 0 aliphatic carbocycles. The number of benzene rings is 1. The maximum absolute atomic E-state index is 12.4. The van der Waals surface area contributed by atoms with Crippen LogP contribution in [0.15, 0.2) is 36.5 Å². The summed E-state index contributed by atoms with van der Waals surface area (Å²) in [5, 5.41) is 6.13. The largest absolute Gasteiger partial charge is 0.486 e. The normalized spacial score (nSPS) is 16.4. The molecule has 1 atom stereocenters. The number of fused-ring (bicyclic) bond motifs is 1. The minimum absolute atomic E-state index is 0.0449. The third kappa shape index (κ3) is 3.58. The number of nitrogens with zero attached hydrogens (tertiary/aromatic N) is 2. The van der Waals surface area contributed by atoms with Crippen LogP contribution in [0.2, 0.25) is 0 Å². The number of hydrogen-bond donors (Lipinski definition) is 1. The van der Waals surface area contributed by atoms with Gasteiger partial charge >= 0.3 is 6.55 Å². The number of para-hydroxylation sites is 2. The van der Waals surface area contributed by atoms with Crippen LogP contribution in [0.3, 0.4) is 0 Å². The first-order chi connectivity index (χ1) is 11.1. The van der Waals surface area contributed by atoms with Crippen LogP contribution in [0.1, 0.15) is 23.5 Å². The lowest BCUT2D eigenvalue weighted by atomic mass is 10.2. The van der Waals surface area contributed by atoms with Crippen LogP contribution in [0.5, 0.6) is 11.5 Å². The molecule has 1 aromatic heterocycles. The van der Waals surface area contributed by atoms with Crippen molar-refractivity contribution in [2.45, 2.75) is 19.1 Å². The Morgan fingerprint density at radius 1 is 1.35 bits per heavy atom. The van der Waals surface area contributed by atoms with Crippen LogP contribution in [0.4, 0.5) is 8.78 Å². The van der Waals surface area contributed by atoms with Gasteiger partial charge in [0.25, 0.3) is 5.91 Å². The van der Waals surface area contributed by atoms with Crippen molar-refractivity contribution < 1.29 is 23.0 Å². The van der Waals surface area contributed by atoms with Gasteiger partial charge in [-0.05, 0) is 18.2 Å². The summed E-state index contributed by atoms with van der Waals surface area (Å²) in [7, 11) is 0. The average molecular weight is 323 g/mol. The molecule has 8 heteroatoms. The van der Waals surface area contributed by atoms with Crippen molar-refractivity contribution in [3.63, 3.8) is 0 Å². The number of hydrogen-bond acceptors (Lipinski definition) is 4. The minimum Gasteiger partial charge on any atom is -0.486 e. The van der Waals surface area contributed by atoms with Gasteiger partial charge in [0.2, 0.25) is 0 Å². The molecule has 0 unspecified atom stereocenters. The summed E-state index contributed by atoms with van der Waals surface area (Å²) >= 11 is 0. The number of alkyl halides is 2. The molecule has 1 aliphatic rings. The second kappa shape index (κ2) is 6.64. The molecule has 0 saturated heterocycles. The summed E-state index contributed by atoms with van der Waals surface area (Å²) in [6, 6.07) is 8.61. The highest BCUT2D eigenvalue weighted by Crippen LogP contribution is 2.31. The van der Waals surface area contributed by atoms with Crippen molar-refractivity contribution >= 4 is 5.91 Å². The maximum Gasteiger partial charge on any atom is 0.333 e. The van der Waals surface area contributed by atoms with Gasteiger partial charge in [-0.1, -0.05) is 12.1 Å². The van der Waals surface area contributed by atoms with Crippen LogP contribution >= 0.6 is 0 Å². The molecule has 2 heterocycles. The molecular formula is C15H15F2N3O3. The maximum atomic E-state index is 12.4. The van der Waals surface area contributed by atoms with Crippen LogP contribution in [-0.4, -0.2) is 34.9 Å². The predicted octanol–water partition coefficient (Wildman–Crippen LogP) is 2.24. The number of carbonyl (C=O) groups excluding carboxylic acids is 1. The summed E-state index contributed by atoms with van der Waals surface area (Å²) < 4.78 is 36.6. The van der Waals surface area contributed by atoms with Crippen LogP contribution in [0.25, 0.3) is 0 Å². The number of carbonyl (C=O) groups is 1. The fourth-order valence-electron chi connectivity index (χ4n) is 2.21. The Balaban J connectivity index is 1.47. The lowest BCUT2D eigenvalue weighted by Gasteiger charge is -2.26. The second-order valence-electron chi connectivity index (χ2n) is 5.00. The topological polar surface area (TPSA) is 65.4 Å². The zero-order valence-corrected chi connectivity index (χ0v) is 12.1. The fraction of sp³-hybridized carbons (Fsp3) is 0.333. The minimum atomic E-state index is -2.76. The van der Waals surface area contributed by atoms with Gasteiger partial charge in [-0.2, -0.15) is 13.9 Å². The fourth-order valence-corrected chi connectivity index (χ4v) is 2.21. The predicted molar refractivity (Wildman–Crippen MR) is 76.8 cm³/mol. The van der Waals surface area contributed by atoms with Gasteiger partial charge in [0.05, 0.1) is 0 Å². The number of rotatable bonds is 5. The highest BCUT2D eigenvalue weighted by Gasteiger charge is 2.20. The summed E-state index contributed by atoms with van der Waals surface area (Å²) in [5.41, 5.74) is -0.0449. The molecule has 0 fully saturated rings. The molecule has 122 valence electrons. The van der Waals surface area contributed by atoms with Crippen molar-refractivity contribution in [1.29, 1.82) is 0 Å². The van der Waals surface area contributed by atoms with Crippen molar-refractivity contribution in [3.05, 3.63) is 42.2 Å². The molecule has 1 N–H and O–H groups in total. The Kier molecular flexibility index (Phi) is 4.40. The molecule has 0 spiro atoms. The molecule has 0 saturated carbocycles. The number of halogens is 2. The Bertz CT molecular complexity index is 690. The highest BCUT2D eigenvalue weighted by molar-refractivity contribution is 5.92. The van der Waals surface area contributed by atoms with Gasteiger partial charge in [-0.15, -0.1) is 0 Å². The van der Waals surface area contributed by atoms with E-state index in [1.54, 1.807) is 0 Å². The van der Waals surface area contributed by atoms with Crippen molar-refractivity contribution in [2.75, 3.05) is 13.2 Å². The number of amides is 1. The van der Waals surface area contributed by atoms with E-state index >= 15 is 0 Å². The lowest BCUT2D eigenvalue weighted by molar-refractivity contribution is 0.0559. The molecule has 6 nitrogen and oxygen atoms in total. The van der Waals surface area contributed by atoms with E-state index in [0.29, 0.717) is 35.8 Å². The molecule has 23 heavy (non-hydrogen) atoms.